The molecule has 0 rings (SSSR count). The van der Waals surface area contributed by atoms with Crippen molar-refractivity contribution in [2.24, 2.45) is 10.2 Å². The van der Waals surface area contributed by atoms with Gasteiger partial charge in [0.2, 0.25) is 0 Å². The zero-order valence-corrected chi connectivity index (χ0v) is 14.8. The molecule has 0 saturated carbocycles. The van der Waals surface area contributed by atoms with Gasteiger partial charge < -0.3 is 15.4 Å². The first-order valence-corrected chi connectivity index (χ1v) is 7.39. The van der Waals surface area contributed by atoms with Gasteiger partial charge in [-0.05, 0) is 44.7 Å². The van der Waals surface area contributed by atoms with Crippen LogP contribution in [0.3, 0.4) is 0 Å². The highest BCUT2D eigenvalue weighted by molar-refractivity contribution is 7.80. The van der Waals surface area contributed by atoms with Gasteiger partial charge in [-0.1, -0.05) is 0 Å². The third-order valence-corrected chi connectivity index (χ3v) is 3.00. The van der Waals surface area contributed by atoms with Crippen molar-refractivity contribution < 1.29 is 9.53 Å². The zero-order chi connectivity index (χ0) is 17.0. The van der Waals surface area contributed by atoms with E-state index in [2.05, 4.69) is 36.4 Å². The molecule has 0 aliphatic heterocycles. The normalized spacial score (nSPS) is 11.5. The minimum Gasteiger partial charge on any atom is -0.469 e. The number of esters is 1. The lowest BCUT2D eigenvalue weighted by Crippen LogP contribution is -2.34. The molecule has 0 aromatic heterocycles. The van der Waals surface area contributed by atoms with Crippen LogP contribution in [0.25, 0.3) is 0 Å². The van der Waals surface area contributed by atoms with Crippen molar-refractivity contribution in [1.29, 1.82) is 0 Å². The molecule has 0 heterocycles. The van der Waals surface area contributed by atoms with Crippen molar-refractivity contribution in [3.05, 3.63) is 0 Å². The minimum absolute atomic E-state index is 0.242. The molecule has 0 amide bonds. The first kappa shape index (κ1) is 20.2. The van der Waals surface area contributed by atoms with Crippen LogP contribution in [0.5, 0.6) is 0 Å². The van der Waals surface area contributed by atoms with E-state index in [0.717, 1.165) is 0 Å². The van der Waals surface area contributed by atoms with Gasteiger partial charge in [-0.25, -0.2) is 0 Å². The molecule has 4 N–H and O–H groups in total. The number of nitrogens with zero attached hydrogens (tertiary/aromatic N) is 2. The summed E-state index contributed by atoms with van der Waals surface area (Å²) in [5.74, 6) is -0.242. The molecule has 8 nitrogen and oxygen atoms in total. The molecule has 22 heavy (non-hydrogen) atoms. The van der Waals surface area contributed by atoms with E-state index in [9.17, 15) is 4.79 Å². The predicted molar refractivity (Wildman–Crippen MR) is 96.0 cm³/mol. The maximum atomic E-state index is 10.9. The van der Waals surface area contributed by atoms with Crippen LogP contribution in [0.4, 0.5) is 0 Å². The van der Waals surface area contributed by atoms with E-state index in [0.29, 0.717) is 41.0 Å². The van der Waals surface area contributed by atoms with E-state index in [1.807, 2.05) is 0 Å². The average Bonchev–Trinajstić information content (AvgIpc) is 2.53. The van der Waals surface area contributed by atoms with Gasteiger partial charge in [0, 0.05) is 20.0 Å². The summed E-state index contributed by atoms with van der Waals surface area (Å²) in [6.07, 6.45) is 0.972. The number of nitrogens with one attached hydrogen (secondary N) is 4. The minimum atomic E-state index is -0.242. The van der Waals surface area contributed by atoms with E-state index in [1.54, 1.807) is 20.9 Å². The van der Waals surface area contributed by atoms with Crippen molar-refractivity contribution in [2.45, 2.75) is 26.7 Å². The van der Waals surface area contributed by atoms with Gasteiger partial charge >= 0.3 is 5.97 Å². The Hall–Kier alpha value is -1.81. The Kier molecular flexibility index (Phi) is 10.8. The highest BCUT2D eigenvalue weighted by atomic mass is 32.1. The third kappa shape index (κ3) is 10.00. The molecule has 0 unspecified atom stereocenters. The molecule has 0 atom stereocenters. The zero-order valence-electron chi connectivity index (χ0n) is 13.1. The van der Waals surface area contributed by atoms with Crippen LogP contribution in [0.1, 0.15) is 26.7 Å². The van der Waals surface area contributed by atoms with Crippen LogP contribution in [0.15, 0.2) is 10.2 Å². The van der Waals surface area contributed by atoms with E-state index in [1.165, 1.54) is 7.11 Å². The Bertz CT molecular complexity index is 465. The molecule has 0 aliphatic rings. The lowest BCUT2D eigenvalue weighted by molar-refractivity contribution is -0.140. The summed E-state index contributed by atoms with van der Waals surface area (Å²) in [6, 6.07) is 0. The number of carbonyl (C=O) groups excluding carboxylic acids is 1. The Morgan fingerprint density at radius 3 is 2.14 bits per heavy atom. The van der Waals surface area contributed by atoms with Gasteiger partial charge in [0.05, 0.1) is 18.5 Å². The molecule has 0 aromatic rings. The fourth-order valence-electron chi connectivity index (χ4n) is 1.06. The summed E-state index contributed by atoms with van der Waals surface area (Å²) in [7, 11) is 3.06. The Morgan fingerprint density at radius 1 is 1.09 bits per heavy atom. The Balaban J connectivity index is 4.09. The van der Waals surface area contributed by atoms with Crippen LogP contribution in [-0.2, 0) is 9.53 Å². The standard InChI is InChI=1S/C12H22N6O2S2/c1-8(15-17-11(21)13-3)9(2)16-18-12(22)14-7-5-6-10(19)20-4/h5-7H2,1-4H3,(H2,13,17,21)(H2,14,18,22). The summed E-state index contributed by atoms with van der Waals surface area (Å²) in [5.41, 5.74) is 6.69. The number of hydrogen-bond acceptors (Lipinski definition) is 6. The quantitative estimate of drug-likeness (QED) is 0.171. The predicted octanol–water partition coefficient (Wildman–Crippen LogP) is 0.249. The maximum Gasteiger partial charge on any atom is 0.305 e. The fourth-order valence-corrected chi connectivity index (χ4v) is 1.26. The van der Waals surface area contributed by atoms with Crippen molar-refractivity contribution in [1.82, 2.24) is 21.5 Å². The molecule has 0 bridgehead atoms. The largest absolute Gasteiger partial charge is 0.469 e. The monoisotopic (exact) mass is 346 g/mol. The number of rotatable bonds is 7. The molecule has 10 heteroatoms. The summed E-state index contributed by atoms with van der Waals surface area (Å²) in [5, 5.41) is 14.6. The SMILES string of the molecule is CNC(=S)NN=C(C)C(C)=NNC(=S)NCCCC(=O)OC. The van der Waals surface area contributed by atoms with Gasteiger partial charge in [-0.2, -0.15) is 10.2 Å². The molecule has 0 fully saturated rings. The van der Waals surface area contributed by atoms with Crippen LogP contribution in [-0.4, -0.2) is 48.3 Å². The molecule has 0 spiro atoms. The van der Waals surface area contributed by atoms with Gasteiger partial charge in [-0.3, -0.25) is 15.6 Å². The topological polar surface area (TPSA) is 99.1 Å². The highest BCUT2D eigenvalue weighted by Crippen LogP contribution is 1.89. The number of thiocarbonyl (C=S) groups is 2. The van der Waals surface area contributed by atoms with Crippen LogP contribution >= 0.6 is 24.4 Å². The van der Waals surface area contributed by atoms with Gasteiger partial charge in [0.25, 0.3) is 0 Å². The summed E-state index contributed by atoms with van der Waals surface area (Å²) in [6.45, 7) is 4.13. The highest BCUT2D eigenvalue weighted by Gasteiger charge is 2.01. The molecule has 0 radical (unpaired) electrons. The molecule has 124 valence electrons. The summed E-state index contributed by atoms with van der Waals surface area (Å²) < 4.78 is 4.54. The Morgan fingerprint density at radius 2 is 1.64 bits per heavy atom. The first-order valence-electron chi connectivity index (χ1n) is 6.58. The van der Waals surface area contributed by atoms with E-state index in [-0.39, 0.29) is 5.97 Å². The summed E-state index contributed by atoms with van der Waals surface area (Å²) >= 11 is 9.96. The molecule has 0 aliphatic carbocycles. The second-order valence-electron chi connectivity index (χ2n) is 4.13. The second kappa shape index (κ2) is 11.8. The summed E-state index contributed by atoms with van der Waals surface area (Å²) in [4.78, 5) is 10.9. The number of methoxy groups -OCH3 is 1. The average molecular weight is 346 g/mol. The van der Waals surface area contributed by atoms with Gasteiger partial charge in [0.15, 0.2) is 10.2 Å². The molecule has 0 saturated heterocycles. The molecule has 0 aromatic carbocycles. The van der Waals surface area contributed by atoms with Crippen molar-refractivity contribution in [3.8, 4) is 0 Å². The fraction of sp³-hybridized carbons (Fsp3) is 0.583. The van der Waals surface area contributed by atoms with Gasteiger partial charge in [-0.15, -0.1) is 0 Å². The van der Waals surface area contributed by atoms with Crippen LogP contribution in [0.2, 0.25) is 0 Å². The van der Waals surface area contributed by atoms with Crippen molar-refractivity contribution >= 4 is 52.1 Å². The smallest absolute Gasteiger partial charge is 0.305 e. The van der Waals surface area contributed by atoms with Crippen molar-refractivity contribution in [3.63, 3.8) is 0 Å². The number of ether oxygens (including phenoxy) is 1. The lowest BCUT2D eigenvalue weighted by atomic mass is 10.3. The number of hydrogen-bond donors (Lipinski definition) is 4. The molecular weight excluding hydrogens is 324 g/mol. The van der Waals surface area contributed by atoms with E-state index in [4.69, 9.17) is 24.4 Å². The maximum absolute atomic E-state index is 10.9. The molecular formula is C12H22N6O2S2. The van der Waals surface area contributed by atoms with Crippen LogP contribution in [0, 0.1) is 0 Å². The lowest BCUT2D eigenvalue weighted by Gasteiger charge is -2.08. The van der Waals surface area contributed by atoms with Gasteiger partial charge in [0.1, 0.15) is 0 Å². The van der Waals surface area contributed by atoms with Crippen LogP contribution < -0.4 is 21.5 Å². The van der Waals surface area contributed by atoms with E-state index < -0.39 is 0 Å². The second-order valence-corrected chi connectivity index (χ2v) is 4.95. The Labute approximate surface area is 141 Å². The number of carbonyl (C=O) groups is 1. The first-order chi connectivity index (χ1) is 10.4. The van der Waals surface area contributed by atoms with E-state index >= 15 is 0 Å². The third-order valence-electron chi connectivity index (χ3n) is 2.47. The number of hydrazone groups is 2. The van der Waals surface area contributed by atoms with Crippen molar-refractivity contribution in [2.75, 3.05) is 20.7 Å².